The van der Waals surface area contributed by atoms with Crippen LogP contribution < -0.4 is 9.47 Å². The normalized spacial score (nSPS) is 22.7. The van der Waals surface area contributed by atoms with Crippen LogP contribution in [0.25, 0.3) is 0 Å². The number of rotatable bonds is 1. The predicted molar refractivity (Wildman–Crippen MR) is 103 cm³/mol. The molecule has 0 radical (unpaired) electrons. The molecule has 27 heavy (non-hydrogen) atoms. The average molecular weight is 387 g/mol. The van der Waals surface area contributed by atoms with Gasteiger partial charge in [-0.05, 0) is 49.1 Å². The molecule has 1 amide bonds. The van der Waals surface area contributed by atoms with E-state index in [1.54, 1.807) is 12.3 Å². The van der Waals surface area contributed by atoms with E-state index in [-0.39, 0.29) is 17.4 Å². The zero-order valence-electron chi connectivity index (χ0n) is 15.4. The number of H-pyrrole nitrogens is 1. The molecule has 3 heterocycles. The van der Waals surface area contributed by atoms with Crippen molar-refractivity contribution in [1.82, 2.24) is 9.88 Å². The number of amides is 1. The van der Waals surface area contributed by atoms with Crippen molar-refractivity contribution in [3.8, 4) is 11.5 Å². The predicted octanol–water partition coefficient (Wildman–Crippen LogP) is 4.47. The summed E-state index contributed by atoms with van der Waals surface area (Å²) < 4.78 is 11.7. The molecule has 1 aliphatic carbocycles. The van der Waals surface area contributed by atoms with Crippen LogP contribution in [-0.2, 0) is 5.41 Å². The van der Waals surface area contributed by atoms with Crippen molar-refractivity contribution in [1.29, 1.82) is 0 Å². The number of aromatic amines is 1. The highest BCUT2D eigenvalue weighted by atomic mass is 35.5. The Morgan fingerprint density at radius 3 is 2.56 bits per heavy atom. The second kappa shape index (κ2) is 6.20. The molecule has 5 rings (SSSR count). The van der Waals surface area contributed by atoms with E-state index in [1.807, 2.05) is 4.90 Å². The first-order valence-electron chi connectivity index (χ1n) is 9.66. The molecule has 1 atom stereocenters. The van der Waals surface area contributed by atoms with Crippen molar-refractivity contribution in [3.63, 3.8) is 0 Å². The smallest absolute Gasteiger partial charge is 0.270 e. The Morgan fingerprint density at radius 1 is 1.19 bits per heavy atom. The summed E-state index contributed by atoms with van der Waals surface area (Å²) >= 11 is 6.03. The Kier molecular flexibility index (Phi) is 3.90. The molecule has 1 saturated carbocycles. The van der Waals surface area contributed by atoms with E-state index in [9.17, 15) is 4.79 Å². The maximum Gasteiger partial charge on any atom is 0.270 e. The van der Waals surface area contributed by atoms with Crippen LogP contribution in [0.5, 0.6) is 11.5 Å². The van der Waals surface area contributed by atoms with E-state index in [0.29, 0.717) is 23.9 Å². The first-order valence-corrected chi connectivity index (χ1v) is 10.0. The highest BCUT2D eigenvalue weighted by molar-refractivity contribution is 6.30. The van der Waals surface area contributed by atoms with E-state index >= 15 is 0 Å². The van der Waals surface area contributed by atoms with Crippen molar-refractivity contribution in [2.45, 2.75) is 44.1 Å². The van der Waals surface area contributed by atoms with Gasteiger partial charge in [0.05, 0.1) is 11.1 Å². The van der Waals surface area contributed by atoms with Crippen molar-refractivity contribution in [2.24, 2.45) is 0 Å². The quantitative estimate of drug-likeness (QED) is 0.786. The Labute approximate surface area is 163 Å². The molecular formula is C21H23ClN2O3. The molecule has 0 saturated heterocycles. The summed E-state index contributed by atoms with van der Waals surface area (Å²) in [5, 5.41) is 0.554. The van der Waals surface area contributed by atoms with Crippen LogP contribution in [0.1, 0.15) is 60.3 Å². The van der Waals surface area contributed by atoms with E-state index in [2.05, 4.69) is 24.0 Å². The second-order valence-electron chi connectivity index (χ2n) is 7.91. The minimum Gasteiger partial charge on any atom is -0.486 e. The number of hydrogen-bond donors (Lipinski definition) is 1. The lowest BCUT2D eigenvalue weighted by atomic mass is 9.71. The third-order valence-corrected chi connectivity index (χ3v) is 6.59. The number of halogens is 1. The fraction of sp³-hybridized carbons (Fsp3) is 0.476. The summed E-state index contributed by atoms with van der Waals surface area (Å²) in [6.45, 7) is 3.98. The van der Waals surface area contributed by atoms with Gasteiger partial charge < -0.3 is 19.4 Å². The topological polar surface area (TPSA) is 54.6 Å². The number of nitrogens with one attached hydrogen (secondary N) is 1. The number of ether oxygens (including phenoxy) is 2. The number of benzene rings is 1. The van der Waals surface area contributed by atoms with Crippen molar-refractivity contribution in [3.05, 3.63) is 46.2 Å². The fourth-order valence-corrected chi connectivity index (χ4v) is 5.16. The Balaban J connectivity index is 1.61. The lowest BCUT2D eigenvalue weighted by Crippen LogP contribution is -2.48. The molecule has 2 aromatic rings. The Morgan fingerprint density at radius 2 is 1.89 bits per heavy atom. The maximum absolute atomic E-state index is 13.2. The molecule has 0 bridgehead atoms. The summed E-state index contributed by atoms with van der Waals surface area (Å²) in [6, 6.07) is 5.95. The molecule has 1 N–H and O–H groups in total. The van der Waals surface area contributed by atoms with Crippen LogP contribution in [0, 0.1) is 0 Å². The van der Waals surface area contributed by atoms with Crippen LogP contribution in [0.15, 0.2) is 24.4 Å². The molecular weight excluding hydrogens is 364 g/mol. The Bertz CT molecular complexity index is 901. The molecule has 142 valence electrons. The SMILES string of the molecule is CC1c2cc3c(cc2C2(CCCC2)CN1C(=O)c1cc(Cl)c[nH]1)OCCO3. The van der Waals surface area contributed by atoms with Crippen LogP contribution in [-0.4, -0.2) is 35.5 Å². The fourth-order valence-electron chi connectivity index (χ4n) is 5.00. The number of carbonyl (C=O) groups is 1. The minimum absolute atomic E-state index is 0.00112. The Hall–Kier alpha value is -2.14. The first-order chi connectivity index (χ1) is 13.1. The van der Waals surface area contributed by atoms with Gasteiger partial charge in [-0.3, -0.25) is 4.79 Å². The second-order valence-corrected chi connectivity index (χ2v) is 8.35. The van der Waals surface area contributed by atoms with Gasteiger partial charge in [-0.25, -0.2) is 0 Å². The third-order valence-electron chi connectivity index (χ3n) is 6.38. The van der Waals surface area contributed by atoms with Crippen LogP contribution in [0.4, 0.5) is 0 Å². The maximum atomic E-state index is 13.2. The van der Waals surface area contributed by atoms with E-state index < -0.39 is 0 Å². The van der Waals surface area contributed by atoms with Crippen LogP contribution >= 0.6 is 11.6 Å². The number of aromatic nitrogens is 1. The largest absolute Gasteiger partial charge is 0.486 e. The van der Waals surface area contributed by atoms with Gasteiger partial charge in [-0.1, -0.05) is 24.4 Å². The summed E-state index contributed by atoms with van der Waals surface area (Å²) in [5.74, 6) is 1.63. The minimum atomic E-state index is -0.0309. The number of carbonyl (C=O) groups excluding carboxylic acids is 1. The number of nitrogens with zero attached hydrogens (tertiary/aromatic N) is 1. The van der Waals surface area contributed by atoms with E-state index in [0.717, 1.165) is 30.9 Å². The van der Waals surface area contributed by atoms with E-state index in [1.165, 1.54) is 24.0 Å². The summed E-state index contributed by atoms with van der Waals surface area (Å²) in [7, 11) is 0. The van der Waals surface area contributed by atoms with Crippen LogP contribution in [0.3, 0.4) is 0 Å². The van der Waals surface area contributed by atoms with Gasteiger partial charge in [-0.15, -0.1) is 0 Å². The van der Waals surface area contributed by atoms with Crippen LogP contribution in [0.2, 0.25) is 5.02 Å². The molecule has 6 heteroatoms. The van der Waals surface area contributed by atoms with Gasteiger partial charge in [-0.2, -0.15) is 0 Å². The molecule has 3 aliphatic rings. The summed E-state index contributed by atoms with van der Waals surface area (Å²) in [4.78, 5) is 18.2. The average Bonchev–Trinajstić information content (AvgIpc) is 3.33. The first kappa shape index (κ1) is 17.0. The molecule has 2 aliphatic heterocycles. The van der Waals surface area contributed by atoms with Crippen molar-refractivity contribution >= 4 is 17.5 Å². The zero-order chi connectivity index (χ0) is 18.6. The summed E-state index contributed by atoms with van der Waals surface area (Å²) in [6.07, 6.45) is 6.24. The molecule has 1 aromatic heterocycles. The lowest BCUT2D eigenvalue weighted by molar-refractivity contribution is 0.0588. The zero-order valence-corrected chi connectivity index (χ0v) is 16.1. The molecule has 1 unspecified atom stereocenters. The highest BCUT2D eigenvalue weighted by Crippen LogP contribution is 2.52. The lowest BCUT2D eigenvalue weighted by Gasteiger charge is -2.46. The van der Waals surface area contributed by atoms with Gasteiger partial charge in [0.25, 0.3) is 5.91 Å². The molecule has 1 fully saturated rings. The summed E-state index contributed by atoms with van der Waals surface area (Å²) in [5.41, 5.74) is 3.06. The molecule has 1 aromatic carbocycles. The monoisotopic (exact) mass is 386 g/mol. The van der Waals surface area contributed by atoms with Crippen molar-refractivity contribution < 1.29 is 14.3 Å². The number of fused-ring (bicyclic) bond motifs is 3. The van der Waals surface area contributed by atoms with Crippen molar-refractivity contribution in [2.75, 3.05) is 19.8 Å². The van der Waals surface area contributed by atoms with Gasteiger partial charge in [0.2, 0.25) is 0 Å². The third kappa shape index (κ3) is 2.63. The van der Waals surface area contributed by atoms with Gasteiger partial charge >= 0.3 is 0 Å². The van der Waals surface area contributed by atoms with Gasteiger partial charge in [0.1, 0.15) is 18.9 Å². The number of hydrogen-bond acceptors (Lipinski definition) is 3. The molecule has 1 spiro atoms. The van der Waals surface area contributed by atoms with Gasteiger partial charge in [0, 0.05) is 18.2 Å². The van der Waals surface area contributed by atoms with Gasteiger partial charge in [0.15, 0.2) is 11.5 Å². The standard InChI is InChI=1S/C21H23ClN2O3/c1-13-15-9-18-19(27-7-6-26-18)10-16(15)21(4-2-3-5-21)12-24(13)20(25)17-8-14(22)11-23-17/h8-11,13,23H,2-7,12H2,1H3. The highest BCUT2D eigenvalue weighted by Gasteiger charge is 2.46. The molecule has 5 nitrogen and oxygen atoms in total. The van der Waals surface area contributed by atoms with E-state index in [4.69, 9.17) is 21.1 Å².